The lowest BCUT2D eigenvalue weighted by atomic mass is 9.85. The maximum absolute atomic E-state index is 11.9. The molecule has 5 unspecified atom stereocenters. The van der Waals surface area contributed by atoms with E-state index in [0.717, 1.165) is 0 Å². The molecule has 100 valence electrons. The molecule has 2 bridgehead atoms. The van der Waals surface area contributed by atoms with Crippen LogP contribution in [-0.2, 0) is 28.6 Å². The molecular formula is C11H14O6S. The molecule has 0 aromatic heterocycles. The van der Waals surface area contributed by atoms with Crippen molar-refractivity contribution in [1.29, 1.82) is 0 Å². The van der Waals surface area contributed by atoms with Gasteiger partial charge < -0.3 is 9.47 Å². The minimum atomic E-state index is -3.74. The monoisotopic (exact) mass is 274 g/mol. The van der Waals surface area contributed by atoms with Crippen LogP contribution >= 0.6 is 0 Å². The number of hydrogen-bond donors (Lipinski definition) is 0. The average Bonchev–Trinajstić information content (AvgIpc) is 2.69. The Kier molecular flexibility index (Phi) is 2.25. The van der Waals surface area contributed by atoms with Gasteiger partial charge in [-0.3, -0.25) is 4.18 Å². The summed E-state index contributed by atoms with van der Waals surface area (Å²) in [5.74, 6) is -0.599. The van der Waals surface area contributed by atoms with Gasteiger partial charge in [-0.25, -0.2) is 4.79 Å². The summed E-state index contributed by atoms with van der Waals surface area (Å²) in [5.41, 5.74) is -0.667. The Bertz CT molecular complexity index is 538. The lowest BCUT2D eigenvalue weighted by Gasteiger charge is -2.26. The fourth-order valence-corrected chi connectivity index (χ4v) is 5.09. The van der Waals surface area contributed by atoms with Crippen LogP contribution in [0, 0.1) is 0 Å². The molecule has 3 fully saturated rings. The molecule has 0 amide bonds. The number of fused-ring (bicyclic) bond motifs is 1. The lowest BCUT2D eigenvalue weighted by Crippen LogP contribution is -2.49. The molecule has 3 heterocycles. The molecule has 0 aliphatic carbocycles. The predicted molar refractivity (Wildman–Crippen MR) is 60.2 cm³/mol. The second-order valence-corrected chi connectivity index (χ2v) is 6.91. The van der Waals surface area contributed by atoms with Crippen molar-refractivity contribution >= 4 is 16.1 Å². The first-order valence-electron chi connectivity index (χ1n) is 5.72. The van der Waals surface area contributed by atoms with E-state index in [2.05, 4.69) is 6.58 Å². The zero-order valence-corrected chi connectivity index (χ0v) is 10.9. The van der Waals surface area contributed by atoms with E-state index in [4.69, 9.17) is 13.7 Å². The van der Waals surface area contributed by atoms with Gasteiger partial charge in [0.05, 0.1) is 6.10 Å². The van der Waals surface area contributed by atoms with Gasteiger partial charge in [0, 0.05) is 12.0 Å². The first kappa shape index (κ1) is 12.1. The molecule has 0 aromatic carbocycles. The summed E-state index contributed by atoms with van der Waals surface area (Å²) in [7, 11) is -3.74. The van der Waals surface area contributed by atoms with Gasteiger partial charge in [-0.05, 0) is 13.8 Å². The van der Waals surface area contributed by atoms with Crippen LogP contribution in [0.15, 0.2) is 12.2 Å². The number of carbonyl (C=O) groups is 1. The SMILES string of the molecule is C=C(C)C(=O)OC1C2CC3OS(=O)(=O)C1C3(C)O2. The first-order valence-corrected chi connectivity index (χ1v) is 7.19. The molecule has 0 spiro atoms. The van der Waals surface area contributed by atoms with E-state index < -0.39 is 45.3 Å². The third-order valence-electron chi connectivity index (χ3n) is 3.87. The van der Waals surface area contributed by atoms with Crippen LogP contribution in [0.3, 0.4) is 0 Å². The lowest BCUT2D eigenvalue weighted by molar-refractivity contribution is -0.146. The molecule has 0 radical (unpaired) electrons. The molecule has 5 atom stereocenters. The highest BCUT2D eigenvalue weighted by atomic mass is 32.2. The van der Waals surface area contributed by atoms with E-state index in [0.29, 0.717) is 6.42 Å². The van der Waals surface area contributed by atoms with Crippen LogP contribution in [0.4, 0.5) is 0 Å². The van der Waals surface area contributed by atoms with E-state index in [1.807, 2.05) is 0 Å². The van der Waals surface area contributed by atoms with Crippen molar-refractivity contribution in [3.05, 3.63) is 12.2 Å². The number of rotatable bonds is 2. The highest BCUT2D eigenvalue weighted by Crippen LogP contribution is 2.54. The molecule has 3 aliphatic rings. The smallest absolute Gasteiger partial charge is 0.333 e. The van der Waals surface area contributed by atoms with E-state index in [1.165, 1.54) is 6.92 Å². The molecule has 0 N–H and O–H groups in total. The molecule has 3 aliphatic heterocycles. The zero-order chi connectivity index (χ0) is 13.3. The second kappa shape index (κ2) is 3.34. The van der Waals surface area contributed by atoms with Gasteiger partial charge in [0.15, 0.2) is 11.4 Å². The van der Waals surface area contributed by atoms with Crippen LogP contribution in [0.25, 0.3) is 0 Å². The Balaban J connectivity index is 1.95. The van der Waals surface area contributed by atoms with Crippen molar-refractivity contribution < 1.29 is 26.9 Å². The second-order valence-electron chi connectivity index (χ2n) is 5.22. The molecule has 3 saturated heterocycles. The summed E-state index contributed by atoms with van der Waals surface area (Å²) < 4.78 is 39.8. The number of ether oxygens (including phenoxy) is 2. The summed E-state index contributed by atoms with van der Waals surface area (Å²) in [4.78, 5) is 11.6. The standard InChI is InChI=1S/C11H14O6S/c1-5(2)10(12)15-8-6-4-7-11(3,16-6)9(8)18(13,14)17-7/h6-9H,1,4H2,2-3H3. The van der Waals surface area contributed by atoms with Crippen LogP contribution in [0.1, 0.15) is 20.3 Å². The summed E-state index contributed by atoms with van der Waals surface area (Å²) in [5, 5.41) is -0.933. The van der Waals surface area contributed by atoms with Gasteiger partial charge in [0.1, 0.15) is 11.7 Å². The van der Waals surface area contributed by atoms with Gasteiger partial charge in [-0.15, -0.1) is 0 Å². The Morgan fingerprint density at radius 2 is 2.17 bits per heavy atom. The number of hydrogen-bond acceptors (Lipinski definition) is 6. The van der Waals surface area contributed by atoms with Gasteiger partial charge in [0.25, 0.3) is 10.1 Å². The summed E-state index contributed by atoms with van der Waals surface area (Å²) >= 11 is 0. The van der Waals surface area contributed by atoms with Crippen LogP contribution in [-0.4, -0.2) is 43.5 Å². The summed E-state index contributed by atoms with van der Waals surface area (Å²) in [6.07, 6.45) is -1.24. The minimum Gasteiger partial charge on any atom is -0.455 e. The topological polar surface area (TPSA) is 78.9 Å². The molecular weight excluding hydrogens is 260 g/mol. The molecule has 6 nitrogen and oxygen atoms in total. The van der Waals surface area contributed by atoms with Crippen molar-refractivity contribution in [2.24, 2.45) is 0 Å². The molecule has 0 saturated carbocycles. The maximum Gasteiger partial charge on any atom is 0.333 e. The van der Waals surface area contributed by atoms with Crippen LogP contribution in [0.5, 0.6) is 0 Å². The van der Waals surface area contributed by atoms with Crippen molar-refractivity contribution in [3.63, 3.8) is 0 Å². The highest BCUT2D eigenvalue weighted by Gasteiger charge is 2.74. The fraction of sp³-hybridized carbons (Fsp3) is 0.727. The third kappa shape index (κ3) is 1.35. The van der Waals surface area contributed by atoms with Gasteiger partial charge in [-0.1, -0.05) is 6.58 Å². The number of esters is 1. The Hall–Kier alpha value is -0.920. The Labute approximate surface area is 105 Å². The fourth-order valence-electron chi connectivity index (χ4n) is 3.04. The first-order chi connectivity index (χ1) is 8.25. The summed E-state index contributed by atoms with van der Waals surface area (Å²) in [6.45, 7) is 6.69. The van der Waals surface area contributed by atoms with Crippen LogP contribution in [0.2, 0.25) is 0 Å². The van der Waals surface area contributed by atoms with Gasteiger partial charge in [0.2, 0.25) is 0 Å². The largest absolute Gasteiger partial charge is 0.455 e. The minimum absolute atomic E-state index is 0.232. The van der Waals surface area contributed by atoms with Crippen molar-refractivity contribution in [3.8, 4) is 0 Å². The van der Waals surface area contributed by atoms with E-state index in [-0.39, 0.29) is 5.57 Å². The van der Waals surface area contributed by atoms with Crippen LogP contribution < -0.4 is 0 Å². The van der Waals surface area contributed by atoms with Gasteiger partial charge in [-0.2, -0.15) is 8.42 Å². The third-order valence-corrected chi connectivity index (χ3v) is 5.73. The summed E-state index contributed by atoms with van der Waals surface area (Å²) in [6, 6.07) is 0. The van der Waals surface area contributed by atoms with E-state index in [1.54, 1.807) is 6.92 Å². The Morgan fingerprint density at radius 3 is 2.78 bits per heavy atom. The van der Waals surface area contributed by atoms with E-state index >= 15 is 0 Å². The molecule has 18 heavy (non-hydrogen) atoms. The normalized spacial score (nSPS) is 47.2. The quantitative estimate of drug-likeness (QED) is 0.405. The van der Waals surface area contributed by atoms with Crippen molar-refractivity contribution in [2.75, 3.05) is 0 Å². The van der Waals surface area contributed by atoms with E-state index in [9.17, 15) is 13.2 Å². The highest BCUT2D eigenvalue weighted by molar-refractivity contribution is 7.87. The van der Waals surface area contributed by atoms with Gasteiger partial charge >= 0.3 is 5.97 Å². The molecule has 0 aromatic rings. The molecule has 7 heteroatoms. The average molecular weight is 274 g/mol. The van der Waals surface area contributed by atoms with Crippen molar-refractivity contribution in [2.45, 2.75) is 49.4 Å². The number of carbonyl (C=O) groups excluding carboxylic acids is 1. The zero-order valence-electron chi connectivity index (χ0n) is 10.1. The maximum atomic E-state index is 11.9. The Morgan fingerprint density at radius 1 is 1.50 bits per heavy atom. The predicted octanol–water partition coefficient (Wildman–Crippen LogP) is 0.133. The van der Waals surface area contributed by atoms with Crippen molar-refractivity contribution in [1.82, 2.24) is 0 Å². The molecule has 3 rings (SSSR count).